The smallest absolute Gasteiger partial charge is 0.244 e. The highest BCUT2D eigenvalue weighted by Crippen LogP contribution is 2.27. The molecule has 36 heavy (non-hydrogen) atoms. The van der Waals surface area contributed by atoms with Gasteiger partial charge in [-0.3, -0.25) is 13.9 Å². The third-order valence-corrected chi connectivity index (χ3v) is 8.03. The average molecular weight is 514 g/mol. The average Bonchev–Trinajstić information content (AvgIpc) is 2.81. The van der Waals surface area contributed by atoms with Crippen LogP contribution in [0.4, 0.5) is 5.69 Å². The summed E-state index contributed by atoms with van der Waals surface area (Å²) in [5.74, 6) is -0.628. The molecule has 0 heterocycles. The lowest BCUT2D eigenvalue weighted by atomic mass is 9.95. The number of aryl methyl sites for hydroxylation is 3. The molecular weight excluding hydrogens is 474 g/mol. The molecule has 1 saturated carbocycles. The number of carbonyl (C=O) groups is 2. The molecule has 2 aromatic rings. The molecule has 2 amide bonds. The van der Waals surface area contributed by atoms with Crippen molar-refractivity contribution in [2.24, 2.45) is 0 Å². The Morgan fingerprint density at radius 2 is 1.61 bits per heavy atom. The highest BCUT2D eigenvalue weighted by molar-refractivity contribution is 7.92. The van der Waals surface area contributed by atoms with Gasteiger partial charge in [-0.1, -0.05) is 67.3 Å². The van der Waals surface area contributed by atoms with E-state index in [9.17, 15) is 18.0 Å². The third-order valence-electron chi connectivity index (χ3n) is 6.92. The normalized spacial score (nSPS) is 15.2. The van der Waals surface area contributed by atoms with E-state index in [2.05, 4.69) is 5.32 Å². The molecule has 196 valence electrons. The Morgan fingerprint density at radius 3 is 2.19 bits per heavy atom. The van der Waals surface area contributed by atoms with Crippen LogP contribution in [-0.4, -0.2) is 50.0 Å². The largest absolute Gasteiger partial charge is 0.352 e. The number of benzene rings is 2. The first-order valence-electron chi connectivity index (χ1n) is 12.7. The fourth-order valence-electron chi connectivity index (χ4n) is 4.93. The summed E-state index contributed by atoms with van der Waals surface area (Å²) in [4.78, 5) is 28.5. The summed E-state index contributed by atoms with van der Waals surface area (Å²) < 4.78 is 26.8. The molecule has 1 atom stereocenters. The van der Waals surface area contributed by atoms with Gasteiger partial charge >= 0.3 is 0 Å². The Hall–Kier alpha value is -2.87. The SMILES string of the molecule is Cc1cccc(CN(C(=O)CN(c2c(C)cccc2C)S(C)(=O)=O)C(C)C(=O)NC2CCCCC2)c1. The van der Waals surface area contributed by atoms with E-state index < -0.39 is 22.0 Å². The van der Waals surface area contributed by atoms with E-state index >= 15 is 0 Å². The molecule has 0 spiro atoms. The molecule has 1 fully saturated rings. The van der Waals surface area contributed by atoms with Crippen LogP contribution in [0.2, 0.25) is 0 Å². The Labute approximate surface area is 215 Å². The number of sulfonamides is 1. The van der Waals surface area contributed by atoms with Crippen LogP contribution in [-0.2, 0) is 26.2 Å². The van der Waals surface area contributed by atoms with Crippen LogP contribution in [0.1, 0.15) is 61.3 Å². The molecule has 0 saturated heterocycles. The molecule has 1 aliphatic carbocycles. The molecule has 1 aliphatic rings. The molecule has 7 nitrogen and oxygen atoms in total. The Kier molecular flexibility index (Phi) is 9.17. The summed E-state index contributed by atoms with van der Waals surface area (Å²) in [6, 6.07) is 12.7. The fourth-order valence-corrected chi connectivity index (χ4v) is 5.90. The predicted octanol–water partition coefficient (Wildman–Crippen LogP) is 4.24. The number of nitrogens with zero attached hydrogens (tertiary/aromatic N) is 2. The maximum absolute atomic E-state index is 13.8. The summed E-state index contributed by atoms with van der Waals surface area (Å²) in [6.07, 6.45) is 6.35. The number of para-hydroxylation sites is 1. The van der Waals surface area contributed by atoms with Gasteiger partial charge < -0.3 is 10.2 Å². The van der Waals surface area contributed by atoms with Crippen LogP contribution < -0.4 is 9.62 Å². The van der Waals surface area contributed by atoms with Gasteiger partial charge in [-0.2, -0.15) is 0 Å². The first-order chi connectivity index (χ1) is 17.0. The lowest BCUT2D eigenvalue weighted by Crippen LogP contribution is -2.53. The zero-order valence-electron chi connectivity index (χ0n) is 22.1. The topological polar surface area (TPSA) is 86.8 Å². The highest BCUT2D eigenvalue weighted by Gasteiger charge is 2.32. The van der Waals surface area contributed by atoms with Crippen molar-refractivity contribution in [3.05, 3.63) is 64.7 Å². The minimum atomic E-state index is -3.75. The van der Waals surface area contributed by atoms with Gasteiger partial charge in [0.15, 0.2) is 0 Å². The maximum atomic E-state index is 13.8. The zero-order valence-corrected chi connectivity index (χ0v) is 22.9. The van der Waals surface area contributed by atoms with E-state index in [0.717, 1.165) is 58.5 Å². The Balaban J connectivity index is 1.91. The van der Waals surface area contributed by atoms with E-state index in [1.165, 1.54) is 11.3 Å². The molecule has 2 aromatic carbocycles. The summed E-state index contributed by atoms with van der Waals surface area (Å²) in [6.45, 7) is 7.18. The zero-order chi connectivity index (χ0) is 26.5. The van der Waals surface area contributed by atoms with Crippen LogP contribution >= 0.6 is 0 Å². The Morgan fingerprint density at radius 1 is 1.00 bits per heavy atom. The second-order valence-electron chi connectivity index (χ2n) is 10.0. The minimum Gasteiger partial charge on any atom is -0.352 e. The van der Waals surface area contributed by atoms with Crippen LogP contribution in [0.3, 0.4) is 0 Å². The van der Waals surface area contributed by atoms with Crippen LogP contribution in [0.25, 0.3) is 0 Å². The predicted molar refractivity (Wildman–Crippen MR) is 144 cm³/mol. The van der Waals surface area contributed by atoms with Crippen molar-refractivity contribution in [3.63, 3.8) is 0 Å². The van der Waals surface area contributed by atoms with Crippen molar-refractivity contribution < 1.29 is 18.0 Å². The van der Waals surface area contributed by atoms with Crippen LogP contribution in [0.5, 0.6) is 0 Å². The van der Waals surface area contributed by atoms with Gasteiger partial charge in [-0.25, -0.2) is 8.42 Å². The number of carbonyl (C=O) groups excluding carboxylic acids is 2. The molecule has 3 rings (SSSR count). The summed E-state index contributed by atoms with van der Waals surface area (Å²) in [5.41, 5.74) is 3.97. The van der Waals surface area contributed by atoms with E-state index in [4.69, 9.17) is 0 Å². The molecule has 0 radical (unpaired) electrons. The standard InChI is InChI=1S/C28H39N3O4S/c1-20-11-9-14-24(17-20)18-30(23(4)28(33)29-25-15-7-6-8-16-25)26(32)19-31(36(5,34)35)27-21(2)12-10-13-22(27)3/h9-14,17,23,25H,6-8,15-16,18-19H2,1-5H3,(H,29,33). The van der Waals surface area contributed by atoms with Crippen molar-refractivity contribution in [3.8, 4) is 0 Å². The molecule has 0 aromatic heterocycles. The Bertz CT molecular complexity index is 1170. The van der Waals surface area contributed by atoms with Gasteiger partial charge in [0.05, 0.1) is 11.9 Å². The van der Waals surface area contributed by atoms with Gasteiger partial charge in [0, 0.05) is 12.6 Å². The van der Waals surface area contributed by atoms with Crippen molar-refractivity contribution in [2.45, 2.75) is 78.4 Å². The summed E-state index contributed by atoms with van der Waals surface area (Å²) >= 11 is 0. The van der Waals surface area contributed by atoms with Gasteiger partial charge in [-0.15, -0.1) is 0 Å². The second kappa shape index (κ2) is 11.9. The van der Waals surface area contributed by atoms with Crippen LogP contribution in [0, 0.1) is 20.8 Å². The summed E-state index contributed by atoms with van der Waals surface area (Å²) in [5, 5.41) is 3.12. The number of amides is 2. The number of rotatable bonds is 9. The van der Waals surface area contributed by atoms with Crippen molar-refractivity contribution in [2.75, 3.05) is 17.1 Å². The van der Waals surface area contributed by atoms with Crippen LogP contribution in [0.15, 0.2) is 42.5 Å². The molecular formula is C28H39N3O4S. The van der Waals surface area contributed by atoms with Crippen molar-refractivity contribution in [1.29, 1.82) is 0 Å². The minimum absolute atomic E-state index is 0.117. The maximum Gasteiger partial charge on any atom is 0.244 e. The van der Waals surface area contributed by atoms with Gasteiger partial charge in [0.1, 0.15) is 12.6 Å². The third kappa shape index (κ3) is 7.09. The summed E-state index contributed by atoms with van der Waals surface area (Å²) in [7, 11) is -3.75. The number of anilines is 1. The van der Waals surface area contributed by atoms with Crippen molar-refractivity contribution >= 4 is 27.5 Å². The number of hydrogen-bond donors (Lipinski definition) is 1. The quantitative estimate of drug-likeness (QED) is 0.543. The molecule has 1 unspecified atom stereocenters. The molecule has 0 bridgehead atoms. The first-order valence-corrected chi connectivity index (χ1v) is 14.5. The molecule has 8 heteroatoms. The lowest BCUT2D eigenvalue weighted by molar-refractivity contribution is -0.139. The van der Waals surface area contributed by atoms with Gasteiger partial charge in [0.2, 0.25) is 21.8 Å². The van der Waals surface area contributed by atoms with E-state index in [0.29, 0.717) is 5.69 Å². The van der Waals surface area contributed by atoms with E-state index in [1.54, 1.807) is 6.92 Å². The van der Waals surface area contributed by atoms with Gasteiger partial charge in [-0.05, 0) is 57.2 Å². The fraction of sp³-hybridized carbons (Fsp3) is 0.500. The van der Waals surface area contributed by atoms with E-state index in [-0.39, 0.29) is 25.0 Å². The molecule has 1 N–H and O–H groups in total. The number of nitrogens with one attached hydrogen (secondary N) is 1. The van der Waals surface area contributed by atoms with E-state index in [1.807, 2.05) is 63.2 Å². The van der Waals surface area contributed by atoms with Gasteiger partial charge in [0.25, 0.3) is 0 Å². The second-order valence-corrected chi connectivity index (χ2v) is 11.9. The monoisotopic (exact) mass is 513 g/mol. The van der Waals surface area contributed by atoms with Crippen molar-refractivity contribution in [1.82, 2.24) is 10.2 Å². The molecule has 0 aliphatic heterocycles. The lowest BCUT2D eigenvalue weighted by Gasteiger charge is -2.33. The highest BCUT2D eigenvalue weighted by atomic mass is 32.2. The first kappa shape index (κ1) is 27.7. The number of hydrogen-bond acceptors (Lipinski definition) is 4.